The van der Waals surface area contributed by atoms with Crippen LogP contribution in [0.15, 0.2) is 53.6 Å². The smallest absolute Gasteiger partial charge is 0.238 e. The first-order chi connectivity index (χ1) is 11.4. The second-order valence-corrected chi connectivity index (χ2v) is 7.26. The van der Waals surface area contributed by atoms with Crippen LogP contribution in [-0.2, 0) is 10.0 Å². The fourth-order valence-corrected chi connectivity index (χ4v) is 3.40. The van der Waals surface area contributed by atoms with E-state index in [0.717, 1.165) is 16.5 Å². The minimum absolute atomic E-state index is 0.0512. The summed E-state index contributed by atoms with van der Waals surface area (Å²) in [4.78, 5) is 12.1. The number of H-pyrrole nitrogens is 1. The number of nitrogens with two attached hydrogens (primary N) is 1. The molecule has 0 atom stereocenters. The molecule has 0 unspecified atom stereocenters. The number of fused-ring (bicyclic) bond motifs is 2. The molecule has 0 spiro atoms. The number of pyridine rings is 1. The Morgan fingerprint density at radius 3 is 2.54 bits per heavy atom. The maximum atomic E-state index is 11.3. The summed E-state index contributed by atoms with van der Waals surface area (Å²) in [6.45, 7) is 0. The average molecular weight is 359 g/mol. The van der Waals surface area contributed by atoms with E-state index in [1.165, 1.54) is 12.1 Å². The Balaban J connectivity index is 1.89. The quantitative estimate of drug-likeness (QED) is 0.574. The molecule has 0 radical (unpaired) electrons. The monoisotopic (exact) mass is 358 g/mol. The van der Waals surface area contributed by atoms with E-state index in [4.69, 9.17) is 16.7 Å². The lowest BCUT2D eigenvalue weighted by molar-refractivity contribution is 0.598. The molecule has 4 aromatic rings. The van der Waals surface area contributed by atoms with E-state index >= 15 is 0 Å². The summed E-state index contributed by atoms with van der Waals surface area (Å²) >= 11 is 6.42. The summed E-state index contributed by atoms with van der Waals surface area (Å²) in [6.07, 6.45) is 1.68. The van der Waals surface area contributed by atoms with Gasteiger partial charge in [0.05, 0.1) is 21.0 Å². The van der Waals surface area contributed by atoms with E-state index in [-0.39, 0.29) is 4.90 Å². The van der Waals surface area contributed by atoms with Crippen molar-refractivity contribution in [1.29, 1.82) is 0 Å². The van der Waals surface area contributed by atoms with Gasteiger partial charge in [-0.15, -0.1) is 0 Å². The van der Waals surface area contributed by atoms with Crippen LogP contribution in [0.4, 0.5) is 0 Å². The standard InChI is InChI=1S/C16H11ClN4O2S/c17-13-14-10(2-1-7-19-14)8-12-15(13)21-16(20-12)9-3-5-11(6-4-9)24(18,22)23/h1-8H,(H,20,21)(H2,18,22,23). The van der Waals surface area contributed by atoms with E-state index in [2.05, 4.69) is 15.0 Å². The largest absolute Gasteiger partial charge is 0.338 e. The third-order valence-corrected chi connectivity index (χ3v) is 5.03. The fraction of sp³-hybridized carbons (Fsp3) is 0. The molecule has 0 saturated heterocycles. The number of hydrogen-bond donors (Lipinski definition) is 2. The van der Waals surface area contributed by atoms with Gasteiger partial charge >= 0.3 is 0 Å². The van der Waals surface area contributed by atoms with Crippen LogP contribution in [0.3, 0.4) is 0 Å². The van der Waals surface area contributed by atoms with E-state index in [9.17, 15) is 8.42 Å². The summed E-state index contributed by atoms with van der Waals surface area (Å²) < 4.78 is 22.7. The molecule has 2 aromatic carbocycles. The van der Waals surface area contributed by atoms with Crippen LogP contribution in [0.5, 0.6) is 0 Å². The van der Waals surface area contributed by atoms with Crippen LogP contribution in [0, 0.1) is 0 Å². The lowest BCUT2D eigenvalue weighted by atomic mass is 10.2. The molecule has 4 rings (SSSR count). The van der Waals surface area contributed by atoms with E-state index < -0.39 is 10.0 Å². The van der Waals surface area contributed by atoms with Gasteiger partial charge in [-0.2, -0.15) is 0 Å². The van der Waals surface area contributed by atoms with Gasteiger partial charge in [0.15, 0.2) is 0 Å². The summed E-state index contributed by atoms with van der Waals surface area (Å²) in [5.41, 5.74) is 2.82. The number of nitrogens with zero attached hydrogens (tertiary/aromatic N) is 2. The van der Waals surface area contributed by atoms with E-state index in [1.807, 2.05) is 18.2 Å². The second-order valence-electron chi connectivity index (χ2n) is 5.32. The number of aromatic amines is 1. The van der Waals surface area contributed by atoms with Gasteiger partial charge in [0.2, 0.25) is 10.0 Å². The molecular weight excluding hydrogens is 348 g/mol. The maximum absolute atomic E-state index is 11.3. The Kier molecular flexibility index (Phi) is 3.31. The van der Waals surface area contributed by atoms with Crippen molar-refractivity contribution in [2.45, 2.75) is 4.90 Å². The second kappa shape index (κ2) is 5.27. The summed E-state index contributed by atoms with van der Waals surface area (Å²) in [5, 5.41) is 6.50. The number of sulfonamides is 1. The molecule has 6 nitrogen and oxygen atoms in total. The predicted octanol–water partition coefficient (Wildman–Crippen LogP) is 3.08. The molecular formula is C16H11ClN4O2S. The highest BCUT2D eigenvalue weighted by Crippen LogP contribution is 2.31. The minimum Gasteiger partial charge on any atom is -0.338 e. The number of rotatable bonds is 2. The van der Waals surface area contributed by atoms with Gasteiger partial charge in [-0.3, -0.25) is 4.98 Å². The summed E-state index contributed by atoms with van der Waals surface area (Å²) in [7, 11) is -3.72. The topological polar surface area (TPSA) is 102 Å². The third kappa shape index (κ3) is 2.43. The molecule has 2 aromatic heterocycles. The van der Waals surface area contributed by atoms with Gasteiger partial charge in [0, 0.05) is 17.1 Å². The molecule has 0 bridgehead atoms. The number of benzene rings is 2. The van der Waals surface area contributed by atoms with Gasteiger partial charge in [-0.1, -0.05) is 17.7 Å². The molecule has 0 amide bonds. The zero-order valence-corrected chi connectivity index (χ0v) is 13.8. The molecule has 0 aliphatic carbocycles. The van der Waals surface area contributed by atoms with Crippen molar-refractivity contribution in [2.24, 2.45) is 5.14 Å². The Morgan fingerprint density at radius 2 is 1.83 bits per heavy atom. The first-order valence-corrected chi connectivity index (χ1v) is 8.92. The van der Waals surface area contributed by atoms with Crippen molar-refractivity contribution in [2.75, 3.05) is 0 Å². The van der Waals surface area contributed by atoms with Crippen molar-refractivity contribution < 1.29 is 8.42 Å². The van der Waals surface area contributed by atoms with Gasteiger partial charge in [-0.25, -0.2) is 18.5 Å². The molecule has 8 heteroatoms. The number of primary sulfonamides is 1. The van der Waals surface area contributed by atoms with Crippen molar-refractivity contribution in [3.8, 4) is 11.4 Å². The molecule has 0 fully saturated rings. The van der Waals surface area contributed by atoms with Crippen LogP contribution in [0.2, 0.25) is 5.02 Å². The lowest BCUT2D eigenvalue weighted by Gasteiger charge is -1.99. The molecule has 0 saturated carbocycles. The minimum atomic E-state index is -3.72. The fourth-order valence-electron chi connectivity index (χ4n) is 2.58. The SMILES string of the molecule is NS(=O)(=O)c1ccc(-c2nc3c(Cl)c4ncccc4cc3[nH]2)cc1. The van der Waals surface area contributed by atoms with Gasteiger partial charge in [0.1, 0.15) is 11.3 Å². The zero-order valence-electron chi connectivity index (χ0n) is 12.2. The number of nitrogens with one attached hydrogen (secondary N) is 1. The Morgan fingerprint density at radius 1 is 1.08 bits per heavy atom. The van der Waals surface area contributed by atoms with Gasteiger partial charge in [-0.05, 0) is 36.4 Å². The number of aromatic nitrogens is 3. The van der Waals surface area contributed by atoms with Crippen LogP contribution in [-0.4, -0.2) is 23.4 Å². The molecule has 24 heavy (non-hydrogen) atoms. The van der Waals surface area contributed by atoms with Gasteiger partial charge < -0.3 is 4.98 Å². The highest BCUT2D eigenvalue weighted by atomic mass is 35.5. The predicted molar refractivity (Wildman–Crippen MR) is 93.2 cm³/mol. The zero-order chi connectivity index (χ0) is 16.9. The lowest BCUT2D eigenvalue weighted by Crippen LogP contribution is -2.11. The number of halogens is 1. The normalized spacial score (nSPS) is 12.1. The maximum Gasteiger partial charge on any atom is 0.238 e. The molecule has 2 heterocycles. The van der Waals surface area contributed by atoms with Crippen molar-refractivity contribution in [3.05, 3.63) is 53.7 Å². The molecule has 0 aliphatic heterocycles. The summed E-state index contributed by atoms with van der Waals surface area (Å²) in [5.74, 6) is 0.586. The number of imidazole rings is 1. The third-order valence-electron chi connectivity index (χ3n) is 3.74. The first kappa shape index (κ1) is 15.1. The van der Waals surface area contributed by atoms with Crippen molar-refractivity contribution in [1.82, 2.24) is 15.0 Å². The number of hydrogen-bond acceptors (Lipinski definition) is 4. The first-order valence-electron chi connectivity index (χ1n) is 7.00. The highest BCUT2D eigenvalue weighted by molar-refractivity contribution is 7.89. The average Bonchev–Trinajstić information content (AvgIpc) is 2.99. The summed E-state index contributed by atoms with van der Waals surface area (Å²) in [6, 6.07) is 11.9. The van der Waals surface area contributed by atoms with Gasteiger partial charge in [0.25, 0.3) is 0 Å². The molecule has 0 aliphatic rings. The van der Waals surface area contributed by atoms with Crippen LogP contribution in [0.1, 0.15) is 0 Å². The Labute approximate surface area is 142 Å². The van der Waals surface area contributed by atoms with E-state index in [1.54, 1.807) is 18.3 Å². The Bertz CT molecular complexity index is 1180. The van der Waals surface area contributed by atoms with E-state index in [0.29, 0.717) is 21.9 Å². The molecule has 3 N–H and O–H groups in total. The van der Waals surface area contributed by atoms with Crippen LogP contribution >= 0.6 is 11.6 Å². The highest BCUT2D eigenvalue weighted by Gasteiger charge is 2.13. The van der Waals surface area contributed by atoms with Crippen LogP contribution < -0.4 is 5.14 Å². The van der Waals surface area contributed by atoms with Crippen molar-refractivity contribution >= 4 is 43.6 Å². The van der Waals surface area contributed by atoms with Crippen molar-refractivity contribution in [3.63, 3.8) is 0 Å². The Hall–Kier alpha value is -2.48. The van der Waals surface area contributed by atoms with Crippen LogP contribution in [0.25, 0.3) is 33.3 Å². The molecule has 120 valence electrons.